The van der Waals surface area contributed by atoms with Crippen LogP contribution in [0.25, 0.3) is 0 Å². The smallest absolute Gasteiger partial charge is 0.213 e. The Morgan fingerprint density at radius 2 is 1.83 bits per heavy atom. The Kier molecular flexibility index (Phi) is 7.03. The lowest BCUT2D eigenvalue weighted by molar-refractivity contribution is 0.372. The van der Waals surface area contributed by atoms with Gasteiger partial charge in [0.2, 0.25) is 20.0 Å². The molecule has 9 heteroatoms. The third kappa shape index (κ3) is 6.39. The Hall–Kier alpha value is -0.670. The van der Waals surface area contributed by atoms with Crippen molar-refractivity contribution < 1.29 is 16.8 Å². The van der Waals surface area contributed by atoms with Crippen LogP contribution in [0.5, 0.6) is 0 Å². The van der Waals surface area contributed by atoms with Crippen molar-refractivity contribution in [1.82, 2.24) is 9.03 Å². The SMILES string of the molecule is Cc1cc(S(=O)(=O)NCCN(CC(C)C)S(C)(=O)=O)ccc1Cl. The zero-order chi connectivity index (χ0) is 17.8. The van der Waals surface area contributed by atoms with Crippen LogP contribution in [0.2, 0.25) is 5.02 Å². The van der Waals surface area contributed by atoms with E-state index in [9.17, 15) is 16.8 Å². The van der Waals surface area contributed by atoms with Crippen LogP contribution in [0.3, 0.4) is 0 Å². The van der Waals surface area contributed by atoms with Gasteiger partial charge in [-0.25, -0.2) is 25.9 Å². The molecule has 0 radical (unpaired) electrons. The van der Waals surface area contributed by atoms with Crippen LogP contribution in [-0.2, 0) is 20.0 Å². The molecule has 0 aliphatic rings. The van der Waals surface area contributed by atoms with E-state index < -0.39 is 20.0 Å². The fourth-order valence-electron chi connectivity index (χ4n) is 1.97. The monoisotopic (exact) mass is 382 g/mol. The summed E-state index contributed by atoms with van der Waals surface area (Å²) in [7, 11) is -7.07. The first-order valence-corrected chi connectivity index (χ1v) is 10.9. The van der Waals surface area contributed by atoms with Crippen molar-refractivity contribution in [3.05, 3.63) is 28.8 Å². The number of nitrogens with zero attached hydrogens (tertiary/aromatic N) is 1. The molecule has 0 fully saturated rings. The van der Waals surface area contributed by atoms with E-state index in [1.165, 1.54) is 22.5 Å². The highest BCUT2D eigenvalue weighted by molar-refractivity contribution is 7.89. The number of hydrogen-bond acceptors (Lipinski definition) is 4. The molecule has 0 bridgehead atoms. The number of nitrogens with one attached hydrogen (secondary N) is 1. The van der Waals surface area contributed by atoms with Crippen molar-refractivity contribution in [2.45, 2.75) is 25.7 Å². The number of halogens is 1. The molecule has 0 amide bonds. The highest BCUT2D eigenvalue weighted by Crippen LogP contribution is 2.19. The summed E-state index contributed by atoms with van der Waals surface area (Å²) in [6.45, 7) is 5.96. The van der Waals surface area contributed by atoms with Crippen molar-refractivity contribution >= 4 is 31.6 Å². The molecule has 0 spiro atoms. The molecule has 6 nitrogen and oxygen atoms in total. The van der Waals surface area contributed by atoms with E-state index in [1.54, 1.807) is 6.92 Å². The predicted octanol–water partition coefficient (Wildman–Crippen LogP) is 1.84. The second-order valence-electron chi connectivity index (χ2n) is 5.82. The number of hydrogen-bond donors (Lipinski definition) is 1. The van der Waals surface area contributed by atoms with Crippen LogP contribution >= 0.6 is 11.6 Å². The fourth-order valence-corrected chi connectivity index (χ4v) is 4.19. The third-order valence-corrected chi connectivity index (χ3v) is 6.28. The Bertz CT molecular complexity index is 746. The standard InChI is InChI=1S/C14H23ClN2O4S2/c1-11(2)10-17(22(4,18)19)8-7-16-23(20,21)13-5-6-14(15)12(3)9-13/h5-6,9,11,16H,7-8,10H2,1-4H3. The highest BCUT2D eigenvalue weighted by atomic mass is 35.5. The summed E-state index contributed by atoms with van der Waals surface area (Å²) in [6.07, 6.45) is 1.12. The Morgan fingerprint density at radius 3 is 2.30 bits per heavy atom. The minimum Gasteiger partial charge on any atom is -0.213 e. The molecule has 1 N–H and O–H groups in total. The molecule has 23 heavy (non-hydrogen) atoms. The van der Waals surface area contributed by atoms with E-state index in [4.69, 9.17) is 11.6 Å². The van der Waals surface area contributed by atoms with Crippen LogP contribution in [0, 0.1) is 12.8 Å². The molecule has 0 saturated heterocycles. The van der Waals surface area contributed by atoms with E-state index in [0.29, 0.717) is 17.1 Å². The second kappa shape index (κ2) is 7.94. The van der Waals surface area contributed by atoms with Gasteiger partial charge >= 0.3 is 0 Å². The van der Waals surface area contributed by atoms with Crippen LogP contribution in [0.15, 0.2) is 23.1 Å². The van der Waals surface area contributed by atoms with E-state index in [0.717, 1.165) is 6.26 Å². The molecule has 1 aromatic carbocycles. The number of rotatable bonds is 8. The fraction of sp³-hybridized carbons (Fsp3) is 0.571. The Balaban J connectivity index is 2.77. The van der Waals surface area contributed by atoms with Crippen LogP contribution in [0.4, 0.5) is 0 Å². The first-order chi connectivity index (χ1) is 10.4. The molecule has 0 saturated carbocycles. The molecule has 0 unspecified atom stereocenters. The van der Waals surface area contributed by atoms with Gasteiger partial charge in [-0.15, -0.1) is 0 Å². The summed E-state index contributed by atoms with van der Waals surface area (Å²) in [5.74, 6) is 0.153. The van der Waals surface area contributed by atoms with Crippen LogP contribution < -0.4 is 4.72 Å². The van der Waals surface area contributed by atoms with Gasteiger partial charge in [-0.05, 0) is 36.6 Å². The zero-order valence-electron chi connectivity index (χ0n) is 13.7. The first kappa shape index (κ1) is 20.4. The summed E-state index contributed by atoms with van der Waals surface area (Å²) < 4.78 is 51.6. The van der Waals surface area contributed by atoms with Gasteiger partial charge < -0.3 is 0 Å². The van der Waals surface area contributed by atoms with Gasteiger partial charge in [-0.2, -0.15) is 0 Å². The third-order valence-electron chi connectivity index (χ3n) is 3.13. The van der Waals surface area contributed by atoms with Crippen molar-refractivity contribution in [3.8, 4) is 0 Å². The molecular weight excluding hydrogens is 360 g/mol. The zero-order valence-corrected chi connectivity index (χ0v) is 16.1. The summed E-state index contributed by atoms with van der Waals surface area (Å²) >= 11 is 5.89. The lowest BCUT2D eigenvalue weighted by atomic mass is 10.2. The Labute approximate surface area is 143 Å². The maximum Gasteiger partial charge on any atom is 0.240 e. The molecule has 1 aromatic rings. The lowest BCUT2D eigenvalue weighted by Crippen LogP contribution is -2.39. The summed E-state index contributed by atoms with van der Waals surface area (Å²) in [5, 5.41) is 0.490. The quantitative estimate of drug-likeness (QED) is 0.743. The van der Waals surface area contributed by atoms with Gasteiger partial charge in [0, 0.05) is 24.7 Å². The maximum absolute atomic E-state index is 12.2. The molecule has 0 atom stereocenters. The molecule has 0 aliphatic carbocycles. The van der Waals surface area contributed by atoms with Crippen LogP contribution in [-0.4, -0.2) is 47.0 Å². The maximum atomic E-state index is 12.2. The van der Waals surface area contributed by atoms with E-state index in [2.05, 4.69) is 4.72 Å². The molecule has 0 aliphatic heterocycles. The highest BCUT2D eigenvalue weighted by Gasteiger charge is 2.20. The van der Waals surface area contributed by atoms with E-state index in [1.807, 2.05) is 13.8 Å². The van der Waals surface area contributed by atoms with Gasteiger partial charge in [0.05, 0.1) is 11.2 Å². The second-order valence-corrected chi connectivity index (χ2v) is 9.98. The normalized spacial score (nSPS) is 13.0. The van der Waals surface area contributed by atoms with Crippen molar-refractivity contribution in [2.24, 2.45) is 5.92 Å². The molecular formula is C14H23ClN2O4S2. The van der Waals surface area contributed by atoms with Gasteiger partial charge in [0.25, 0.3) is 0 Å². The van der Waals surface area contributed by atoms with Crippen molar-refractivity contribution in [3.63, 3.8) is 0 Å². The number of benzene rings is 1. The van der Waals surface area contributed by atoms with Crippen molar-refractivity contribution in [2.75, 3.05) is 25.9 Å². The predicted molar refractivity (Wildman–Crippen MR) is 92.6 cm³/mol. The van der Waals surface area contributed by atoms with Gasteiger partial charge in [0.1, 0.15) is 0 Å². The van der Waals surface area contributed by atoms with E-state index in [-0.39, 0.29) is 23.9 Å². The minimum atomic E-state index is -3.70. The first-order valence-electron chi connectivity index (χ1n) is 7.14. The van der Waals surface area contributed by atoms with Gasteiger partial charge in [-0.1, -0.05) is 25.4 Å². The lowest BCUT2D eigenvalue weighted by Gasteiger charge is -2.22. The van der Waals surface area contributed by atoms with E-state index >= 15 is 0 Å². The summed E-state index contributed by atoms with van der Waals surface area (Å²) in [4.78, 5) is 0.106. The Morgan fingerprint density at radius 1 is 1.22 bits per heavy atom. The largest absolute Gasteiger partial charge is 0.240 e. The molecule has 1 rings (SSSR count). The van der Waals surface area contributed by atoms with Crippen LogP contribution in [0.1, 0.15) is 19.4 Å². The molecule has 132 valence electrons. The number of aryl methyl sites for hydroxylation is 1. The molecule has 0 heterocycles. The number of sulfonamides is 2. The summed E-state index contributed by atoms with van der Waals surface area (Å²) in [5.41, 5.74) is 0.659. The van der Waals surface area contributed by atoms with Gasteiger partial charge in [0.15, 0.2) is 0 Å². The minimum absolute atomic E-state index is 0.00377. The average molecular weight is 383 g/mol. The average Bonchev–Trinajstić information content (AvgIpc) is 2.39. The van der Waals surface area contributed by atoms with Crippen molar-refractivity contribution in [1.29, 1.82) is 0 Å². The van der Waals surface area contributed by atoms with Gasteiger partial charge in [-0.3, -0.25) is 0 Å². The summed E-state index contributed by atoms with van der Waals surface area (Å²) in [6, 6.07) is 4.42. The topological polar surface area (TPSA) is 83.6 Å². The molecule has 0 aromatic heterocycles.